The maximum absolute atomic E-state index is 12.9. The fourth-order valence-electron chi connectivity index (χ4n) is 5.55. The molecule has 2 aromatic heterocycles. The van der Waals surface area contributed by atoms with E-state index in [1.54, 1.807) is 6.20 Å². The lowest BCUT2D eigenvalue weighted by molar-refractivity contribution is 0.0601. The second-order valence-corrected chi connectivity index (χ2v) is 10.1. The van der Waals surface area contributed by atoms with Crippen LogP contribution in [0.2, 0.25) is 0 Å². The highest BCUT2D eigenvalue weighted by molar-refractivity contribution is 6.16. The van der Waals surface area contributed by atoms with Crippen LogP contribution in [0.5, 0.6) is 11.6 Å². The molecule has 1 N–H and O–H groups in total. The summed E-state index contributed by atoms with van der Waals surface area (Å²) in [5.41, 5.74) is 3.36. The number of piperazine rings is 1. The third-order valence-corrected chi connectivity index (χ3v) is 7.63. The van der Waals surface area contributed by atoms with Crippen molar-refractivity contribution >= 4 is 27.7 Å². The summed E-state index contributed by atoms with van der Waals surface area (Å²) in [6.45, 7) is 3.65. The average Bonchev–Trinajstić information content (AvgIpc) is 3.44. The Labute approximate surface area is 232 Å². The molecule has 1 saturated heterocycles. The fourth-order valence-corrected chi connectivity index (χ4v) is 5.55. The predicted molar refractivity (Wildman–Crippen MR) is 153 cm³/mol. The summed E-state index contributed by atoms with van der Waals surface area (Å²) in [6.07, 6.45) is 3.15. The minimum absolute atomic E-state index is 0.113. The molecule has 5 aromatic rings. The van der Waals surface area contributed by atoms with Crippen LogP contribution in [-0.4, -0.2) is 66.2 Å². The smallest absolute Gasteiger partial charge is 0.341 e. The van der Waals surface area contributed by atoms with Gasteiger partial charge in [0.05, 0.1) is 13.2 Å². The zero-order valence-corrected chi connectivity index (χ0v) is 22.5. The first kappa shape index (κ1) is 25.9. The van der Waals surface area contributed by atoms with E-state index in [0.29, 0.717) is 34.4 Å². The van der Waals surface area contributed by atoms with Gasteiger partial charge < -0.3 is 23.9 Å². The van der Waals surface area contributed by atoms with E-state index in [1.165, 1.54) is 13.4 Å². The largest absolute Gasteiger partial charge is 0.507 e. The molecular weight excluding hydrogens is 506 g/mol. The number of rotatable bonds is 7. The Bertz CT molecular complexity index is 1660. The molecule has 6 rings (SSSR count). The molecule has 1 unspecified atom stereocenters. The molecule has 8 nitrogen and oxygen atoms in total. The third kappa shape index (κ3) is 4.76. The minimum atomic E-state index is -0.520. The molecule has 1 aliphatic rings. The van der Waals surface area contributed by atoms with Crippen molar-refractivity contribution in [3.63, 3.8) is 0 Å². The van der Waals surface area contributed by atoms with Gasteiger partial charge in [0.15, 0.2) is 0 Å². The number of phenols is 1. The van der Waals surface area contributed by atoms with Crippen molar-refractivity contribution in [1.29, 1.82) is 0 Å². The molecule has 1 atom stereocenters. The number of furan rings is 1. The molecule has 3 heterocycles. The molecule has 204 valence electrons. The number of ether oxygens (including phenoxy) is 2. The van der Waals surface area contributed by atoms with Crippen LogP contribution in [0.1, 0.15) is 33.1 Å². The Morgan fingerprint density at radius 1 is 1.02 bits per heavy atom. The van der Waals surface area contributed by atoms with Crippen LogP contribution in [0.15, 0.2) is 83.6 Å². The Hall–Kier alpha value is -4.40. The van der Waals surface area contributed by atoms with Gasteiger partial charge in [0, 0.05) is 60.2 Å². The summed E-state index contributed by atoms with van der Waals surface area (Å²) in [6, 6.07) is 20.9. The standard InChI is InChI=1S/C32H31N3O5/c1-34-14-16-35(17-15-34)29(22-12-13-33-26(18-22)39-19-21-8-4-3-5-9-21)28-27-25(32(37)38-2)20-40-31(27)24-11-7-6-10-23(24)30(28)36/h3-13,18,20,29,36H,14-17,19H2,1-2H3. The van der Waals surface area contributed by atoms with E-state index in [1.807, 2.05) is 66.7 Å². The van der Waals surface area contributed by atoms with Gasteiger partial charge >= 0.3 is 5.97 Å². The van der Waals surface area contributed by atoms with E-state index in [-0.39, 0.29) is 11.3 Å². The van der Waals surface area contributed by atoms with Gasteiger partial charge in [-0.05, 0) is 24.2 Å². The van der Waals surface area contributed by atoms with Gasteiger partial charge in [0.25, 0.3) is 0 Å². The summed E-state index contributed by atoms with van der Waals surface area (Å²) in [5, 5.41) is 13.8. The quantitative estimate of drug-likeness (QED) is 0.277. The monoisotopic (exact) mass is 537 g/mol. The van der Waals surface area contributed by atoms with Crippen molar-refractivity contribution in [3.8, 4) is 11.6 Å². The van der Waals surface area contributed by atoms with Crippen LogP contribution in [0.3, 0.4) is 0 Å². The van der Waals surface area contributed by atoms with Crippen LogP contribution in [0, 0.1) is 0 Å². The van der Waals surface area contributed by atoms with E-state index in [0.717, 1.165) is 42.7 Å². The van der Waals surface area contributed by atoms with Crippen molar-refractivity contribution < 1.29 is 23.8 Å². The molecule has 1 fully saturated rings. The van der Waals surface area contributed by atoms with Gasteiger partial charge in [-0.15, -0.1) is 0 Å². The van der Waals surface area contributed by atoms with E-state index in [4.69, 9.17) is 13.9 Å². The lowest BCUT2D eigenvalue weighted by Gasteiger charge is -2.39. The summed E-state index contributed by atoms with van der Waals surface area (Å²) in [5.74, 6) is 0.0768. The number of aromatic nitrogens is 1. The maximum Gasteiger partial charge on any atom is 0.341 e. The number of carbonyl (C=O) groups is 1. The Balaban J connectivity index is 1.54. The number of benzene rings is 3. The third-order valence-electron chi connectivity index (χ3n) is 7.63. The minimum Gasteiger partial charge on any atom is -0.507 e. The molecule has 8 heteroatoms. The number of hydrogen-bond acceptors (Lipinski definition) is 8. The van der Waals surface area contributed by atoms with Crippen molar-refractivity contribution in [2.45, 2.75) is 12.6 Å². The van der Waals surface area contributed by atoms with E-state index >= 15 is 0 Å². The first-order valence-electron chi connectivity index (χ1n) is 13.3. The van der Waals surface area contributed by atoms with Crippen molar-refractivity contribution in [3.05, 3.63) is 101 Å². The Morgan fingerprint density at radius 3 is 2.50 bits per heavy atom. The number of nitrogens with zero attached hydrogens (tertiary/aromatic N) is 3. The first-order chi connectivity index (χ1) is 19.5. The van der Waals surface area contributed by atoms with Crippen LogP contribution in [0.25, 0.3) is 21.7 Å². The Kier molecular flexibility index (Phi) is 7.11. The number of fused-ring (bicyclic) bond motifs is 3. The molecule has 0 radical (unpaired) electrons. The zero-order valence-electron chi connectivity index (χ0n) is 22.5. The molecule has 0 aliphatic carbocycles. The van der Waals surface area contributed by atoms with Gasteiger partial charge in [-0.25, -0.2) is 9.78 Å². The number of hydrogen-bond donors (Lipinski definition) is 1. The normalized spacial score (nSPS) is 15.3. The number of methoxy groups -OCH3 is 1. The molecule has 0 bridgehead atoms. The van der Waals surface area contributed by atoms with E-state index in [9.17, 15) is 9.90 Å². The molecule has 0 spiro atoms. The topological polar surface area (TPSA) is 88.3 Å². The summed E-state index contributed by atoms with van der Waals surface area (Å²) >= 11 is 0. The zero-order chi connectivity index (χ0) is 27.6. The second-order valence-electron chi connectivity index (χ2n) is 10.1. The van der Waals surface area contributed by atoms with Gasteiger partial charge in [0.1, 0.15) is 29.8 Å². The highest BCUT2D eigenvalue weighted by Crippen LogP contribution is 2.46. The number of esters is 1. The van der Waals surface area contributed by atoms with Crippen LogP contribution in [-0.2, 0) is 11.3 Å². The molecule has 0 amide bonds. The van der Waals surface area contributed by atoms with Gasteiger partial charge in [-0.3, -0.25) is 4.90 Å². The van der Waals surface area contributed by atoms with Crippen LogP contribution < -0.4 is 4.74 Å². The summed E-state index contributed by atoms with van der Waals surface area (Å²) in [7, 11) is 3.45. The molecule has 3 aromatic carbocycles. The van der Waals surface area contributed by atoms with Crippen LogP contribution >= 0.6 is 0 Å². The fraction of sp³-hybridized carbons (Fsp3) is 0.250. The van der Waals surface area contributed by atoms with Gasteiger partial charge in [-0.1, -0.05) is 54.6 Å². The Morgan fingerprint density at radius 2 is 1.75 bits per heavy atom. The number of aromatic hydroxyl groups is 1. The maximum atomic E-state index is 12.9. The highest BCUT2D eigenvalue weighted by Gasteiger charge is 2.33. The summed E-state index contributed by atoms with van der Waals surface area (Å²) in [4.78, 5) is 22.0. The van der Waals surface area contributed by atoms with E-state index in [2.05, 4.69) is 21.8 Å². The van der Waals surface area contributed by atoms with E-state index < -0.39 is 12.0 Å². The highest BCUT2D eigenvalue weighted by atomic mass is 16.5. The molecule has 0 saturated carbocycles. The van der Waals surface area contributed by atoms with Crippen molar-refractivity contribution in [2.24, 2.45) is 0 Å². The lowest BCUT2D eigenvalue weighted by Crippen LogP contribution is -2.46. The van der Waals surface area contributed by atoms with Crippen LogP contribution in [0.4, 0.5) is 0 Å². The predicted octanol–water partition coefficient (Wildman–Crippen LogP) is 5.39. The first-order valence-corrected chi connectivity index (χ1v) is 13.3. The number of carbonyl (C=O) groups excluding carboxylic acids is 1. The van der Waals surface area contributed by atoms with Gasteiger partial charge in [0.2, 0.25) is 5.88 Å². The molecular formula is C32H31N3O5. The second kappa shape index (κ2) is 11.0. The molecule has 1 aliphatic heterocycles. The number of phenolic OH excluding ortho intramolecular Hbond substituents is 1. The molecule has 40 heavy (non-hydrogen) atoms. The number of likely N-dealkylation sites (N-methyl/N-ethyl adjacent to an activating group) is 1. The lowest BCUT2D eigenvalue weighted by atomic mass is 9.89. The number of pyridine rings is 1. The van der Waals surface area contributed by atoms with Crippen molar-refractivity contribution in [1.82, 2.24) is 14.8 Å². The average molecular weight is 538 g/mol. The SMILES string of the molecule is COC(=O)c1coc2c1c(C(c1ccnc(OCc3ccccc3)c1)N1CCN(C)CC1)c(O)c1ccccc12. The van der Waals surface area contributed by atoms with Crippen molar-refractivity contribution in [2.75, 3.05) is 40.3 Å². The van der Waals surface area contributed by atoms with Gasteiger partial charge in [-0.2, -0.15) is 0 Å². The summed E-state index contributed by atoms with van der Waals surface area (Å²) < 4.78 is 17.2.